The smallest absolute Gasteiger partial charge is 0.270 e. The fraction of sp³-hybridized carbons (Fsp3) is 0.400. The average Bonchev–Trinajstić information content (AvgIpc) is 2.18. The zero-order valence-corrected chi connectivity index (χ0v) is 10.1. The van der Waals surface area contributed by atoms with E-state index in [0.29, 0.717) is 16.6 Å². The van der Waals surface area contributed by atoms with Gasteiger partial charge in [-0.05, 0) is 26.0 Å². The van der Waals surface area contributed by atoms with Gasteiger partial charge in [0.2, 0.25) is 0 Å². The summed E-state index contributed by atoms with van der Waals surface area (Å²) < 4.78 is 0. The van der Waals surface area contributed by atoms with E-state index in [4.69, 9.17) is 23.2 Å². The van der Waals surface area contributed by atoms with Crippen molar-refractivity contribution in [2.75, 3.05) is 5.88 Å². The van der Waals surface area contributed by atoms with Gasteiger partial charge in [0.25, 0.3) is 5.91 Å². The molecular formula is C10H12Cl2N2O. The Morgan fingerprint density at radius 3 is 2.67 bits per heavy atom. The van der Waals surface area contributed by atoms with Gasteiger partial charge in [-0.2, -0.15) is 0 Å². The molecule has 0 saturated heterocycles. The molecule has 1 aromatic rings. The minimum Gasteiger partial charge on any atom is -0.345 e. The molecule has 15 heavy (non-hydrogen) atoms. The predicted octanol–water partition coefficient (Wildman–Crippen LogP) is 2.48. The van der Waals surface area contributed by atoms with Gasteiger partial charge in [-0.1, -0.05) is 11.6 Å². The van der Waals surface area contributed by atoms with Crippen LogP contribution in [0.25, 0.3) is 0 Å². The zero-order chi connectivity index (χ0) is 11.5. The fourth-order valence-corrected chi connectivity index (χ4v) is 1.09. The normalized spacial score (nSPS) is 11.2. The highest BCUT2D eigenvalue weighted by Gasteiger charge is 2.20. The molecule has 1 rings (SSSR count). The SMILES string of the molecule is CC(C)(CCl)NC(=O)c1ccc(Cl)cn1. The van der Waals surface area contributed by atoms with E-state index in [9.17, 15) is 4.79 Å². The Morgan fingerprint density at radius 2 is 2.20 bits per heavy atom. The maximum atomic E-state index is 11.7. The summed E-state index contributed by atoms with van der Waals surface area (Å²) in [5.74, 6) is 0.0871. The Morgan fingerprint density at radius 1 is 1.53 bits per heavy atom. The highest BCUT2D eigenvalue weighted by molar-refractivity contribution is 6.30. The van der Waals surface area contributed by atoms with Gasteiger partial charge >= 0.3 is 0 Å². The van der Waals surface area contributed by atoms with Crippen molar-refractivity contribution in [2.24, 2.45) is 0 Å². The molecule has 1 N–H and O–H groups in total. The zero-order valence-electron chi connectivity index (χ0n) is 8.55. The molecule has 0 aromatic carbocycles. The highest BCUT2D eigenvalue weighted by atomic mass is 35.5. The lowest BCUT2D eigenvalue weighted by Gasteiger charge is -2.22. The van der Waals surface area contributed by atoms with E-state index in [1.54, 1.807) is 12.1 Å². The van der Waals surface area contributed by atoms with Gasteiger partial charge in [0.15, 0.2) is 0 Å². The number of amides is 1. The Hall–Kier alpha value is -0.800. The van der Waals surface area contributed by atoms with Crippen LogP contribution in [0.5, 0.6) is 0 Å². The van der Waals surface area contributed by atoms with Gasteiger partial charge in [-0.3, -0.25) is 4.79 Å². The van der Waals surface area contributed by atoms with Crippen LogP contribution in [-0.4, -0.2) is 22.3 Å². The molecule has 0 fully saturated rings. The second-order valence-corrected chi connectivity index (χ2v) is 4.54. The monoisotopic (exact) mass is 246 g/mol. The van der Waals surface area contributed by atoms with Crippen LogP contribution >= 0.6 is 23.2 Å². The van der Waals surface area contributed by atoms with Crippen LogP contribution in [0.3, 0.4) is 0 Å². The molecule has 1 amide bonds. The number of aromatic nitrogens is 1. The van der Waals surface area contributed by atoms with E-state index in [-0.39, 0.29) is 5.91 Å². The van der Waals surface area contributed by atoms with Gasteiger partial charge in [0.05, 0.1) is 5.02 Å². The second kappa shape index (κ2) is 4.81. The van der Waals surface area contributed by atoms with E-state index < -0.39 is 5.54 Å². The first-order valence-corrected chi connectivity index (χ1v) is 5.36. The van der Waals surface area contributed by atoms with E-state index in [1.165, 1.54) is 6.20 Å². The van der Waals surface area contributed by atoms with Crippen LogP contribution in [0.15, 0.2) is 18.3 Å². The quantitative estimate of drug-likeness (QED) is 0.833. The molecule has 0 saturated carbocycles. The van der Waals surface area contributed by atoms with Crippen molar-refractivity contribution in [3.05, 3.63) is 29.0 Å². The number of carbonyl (C=O) groups is 1. The molecule has 1 aromatic heterocycles. The van der Waals surface area contributed by atoms with Crippen LogP contribution in [0.4, 0.5) is 0 Å². The third kappa shape index (κ3) is 3.68. The second-order valence-electron chi connectivity index (χ2n) is 3.83. The van der Waals surface area contributed by atoms with Crippen molar-refractivity contribution in [2.45, 2.75) is 19.4 Å². The van der Waals surface area contributed by atoms with E-state index in [2.05, 4.69) is 10.3 Å². The third-order valence-corrected chi connectivity index (χ3v) is 2.64. The average molecular weight is 247 g/mol. The molecule has 0 aliphatic heterocycles. The van der Waals surface area contributed by atoms with Crippen LogP contribution in [0, 0.1) is 0 Å². The third-order valence-electron chi connectivity index (χ3n) is 1.75. The number of pyridine rings is 1. The molecule has 0 atom stereocenters. The maximum absolute atomic E-state index is 11.7. The number of halogens is 2. The van der Waals surface area contributed by atoms with Crippen molar-refractivity contribution >= 4 is 29.1 Å². The van der Waals surface area contributed by atoms with Crippen molar-refractivity contribution < 1.29 is 4.79 Å². The Labute approximate surface area is 98.8 Å². The first-order chi connectivity index (χ1) is 6.94. The summed E-state index contributed by atoms with van der Waals surface area (Å²) in [5.41, 5.74) is -0.113. The molecule has 0 aliphatic rings. The Balaban J connectivity index is 2.74. The van der Waals surface area contributed by atoms with Crippen molar-refractivity contribution in [1.82, 2.24) is 10.3 Å². The lowest BCUT2D eigenvalue weighted by molar-refractivity contribution is 0.0915. The van der Waals surface area contributed by atoms with Crippen molar-refractivity contribution in [3.63, 3.8) is 0 Å². The number of nitrogens with one attached hydrogen (secondary N) is 1. The van der Waals surface area contributed by atoms with Crippen molar-refractivity contribution in [1.29, 1.82) is 0 Å². The number of hydrogen-bond acceptors (Lipinski definition) is 2. The summed E-state index contributed by atoms with van der Waals surface area (Å²) in [6, 6.07) is 3.19. The van der Waals surface area contributed by atoms with E-state index >= 15 is 0 Å². The fourth-order valence-electron chi connectivity index (χ4n) is 0.915. The first kappa shape index (κ1) is 12.3. The lowest BCUT2D eigenvalue weighted by atomic mass is 10.1. The molecule has 0 bridgehead atoms. The highest BCUT2D eigenvalue weighted by Crippen LogP contribution is 2.09. The summed E-state index contributed by atoms with van der Waals surface area (Å²) in [4.78, 5) is 15.6. The molecule has 3 nitrogen and oxygen atoms in total. The van der Waals surface area contributed by atoms with Gasteiger partial charge in [0, 0.05) is 17.6 Å². The van der Waals surface area contributed by atoms with Crippen LogP contribution in [0.1, 0.15) is 24.3 Å². The largest absolute Gasteiger partial charge is 0.345 e. The number of alkyl halides is 1. The van der Waals surface area contributed by atoms with Gasteiger partial charge in [-0.25, -0.2) is 4.98 Å². The first-order valence-electron chi connectivity index (χ1n) is 4.45. The summed E-state index contributed by atoms with van der Waals surface area (Å²) in [6.45, 7) is 3.68. The summed E-state index contributed by atoms with van der Waals surface area (Å²) in [5, 5.41) is 3.27. The minimum absolute atomic E-state index is 0.252. The molecule has 0 unspecified atom stereocenters. The standard InChI is InChI=1S/C10H12Cl2N2O/c1-10(2,6-11)14-9(15)8-4-3-7(12)5-13-8/h3-5H,6H2,1-2H3,(H,14,15). The predicted molar refractivity (Wildman–Crippen MR) is 61.5 cm³/mol. The van der Waals surface area contributed by atoms with Crippen LogP contribution < -0.4 is 5.32 Å². The molecule has 82 valence electrons. The number of hydrogen-bond donors (Lipinski definition) is 1. The molecule has 0 aliphatic carbocycles. The number of nitrogens with zero attached hydrogens (tertiary/aromatic N) is 1. The van der Waals surface area contributed by atoms with Gasteiger partial charge in [0.1, 0.15) is 5.69 Å². The molecule has 1 heterocycles. The Bertz CT molecular complexity index is 349. The van der Waals surface area contributed by atoms with Gasteiger partial charge < -0.3 is 5.32 Å². The van der Waals surface area contributed by atoms with Crippen LogP contribution in [-0.2, 0) is 0 Å². The van der Waals surface area contributed by atoms with E-state index in [1.807, 2.05) is 13.8 Å². The summed E-state index contributed by atoms with van der Waals surface area (Å²) >= 11 is 11.4. The van der Waals surface area contributed by atoms with Crippen LogP contribution in [0.2, 0.25) is 5.02 Å². The lowest BCUT2D eigenvalue weighted by Crippen LogP contribution is -2.45. The van der Waals surface area contributed by atoms with Gasteiger partial charge in [-0.15, -0.1) is 11.6 Å². The Kier molecular flexibility index (Phi) is 3.94. The molecule has 0 spiro atoms. The maximum Gasteiger partial charge on any atom is 0.270 e. The molecule has 0 radical (unpaired) electrons. The molecule has 5 heteroatoms. The topological polar surface area (TPSA) is 42.0 Å². The number of carbonyl (C=O) groups excluding carboxylic acids is 1. The number of rotatable bonds is 3. The summed E-state index contributed by atoms with van der Waals surface area (Å²) in [7, 11) is 0. The van der Waals surface area contributed by atoms with E-state index in [0.717, 1.165) is 0 Å². The molecular weight excluding hydrogens is 235 g/mol. The van der Waals surface area contributed by atoms with Crippen molar-refractivity contribution in [3.8, 4) is 0 Å². The minimum atomic E-state index is -0.444. The summed E-state index contributed by atoms with van der Waals surface area (Å²) in [6.07, 6.45) is 1.43.